The van der Waals surface area contributed by atoms with Gasteiger partial charge in [0, 0.05) is 11.8 Å². The minimum absolute atomic E-state index is 0.00620. The average Bonchev–Trinajstić information content (AvgIpc) is 2.74. The van der Waals surface area contributed by atoms with Gasteiger partial charge >= 0.3 is 4.83 Å². The maximum absolute atomic E-state index is 15.0. The van der Waals surface area contributed by atoms with Gasteiger partial charge in [0.2, 0.25) is 0 Å². The maximum atomic E-state index is 15.0. The van der Waals surface area contributed by atoms with Crippen molar-refractivity contribution < 1.29 is 22.6 Å². The zero-order valence-corrected chi connectivity index (χ0v) is 21.1. The van der Waals surface area contributed by atoms with E-state index >= 15 is 4.39 Å². The molecule has 1 saturated heterocycles. The fraction of sp³-hybridized carbons (Fsp3) is 0.750. The molecular formula is C24H31Br2F3O2. The number of hydrogen-bond donors (Lipinski definition) is 0. The topological polar surface area (TPSA) is 18.5 Å². The summed E-state index contributed by atoms with van der Waals surface area (Å²) in [6.07, 6.45) is 5.72. The SMILES string of the molecule is CC1COC(C2CCC(c3ccc(C4CCC(Br)(C(F)(F)Br)CC4)c(F)c3)CC2)OC1. The third kappa shape index (κ3) is 5.36. The van der Waals surface area contributed by atoms with E-state index in [2.05, 4.69) is 38.8 Å². The zero-order chi connectivity index (χ0) is 22.2. The lowest BCUT2D eigenvalue weighted by molar-refractivity contribution is -0.226. The van der Waals surface area contributed by atoms with Crippen LogP contribution in [0.15, 0.2) is 18.2 Å². The molecule has 174 valence electrons. The summed E-state index contributed by atoms with van der Waals surface area (Å²) in [5, 5.41) is 0. The molecule has 1 aromatic carbocycles. The first-order chi connectivity index (χ1) is 14.7. The van der Waals surface area contributed by atoms with E-state index in [1.54, 1.807) is 6.07 Å². The Labute approximate surface area is 199 Å². The summed E-state index contributed by atoms with van der Waals surface area (Å²) in [6.45, 7) is 3.66. The van der Waals surface area contributed by atoms with Gasteiger partial charge in [-0.25, -0.2) is 4.39 Å². The molecule has 0 aromatic heterocycles. The van der Waals surface area contributed by atoms with Crippen LogP contribution in [0, 0.1) is 17.7 Å². The molecule has 0 spiro atoms. The highest BCUT2D eigenvalue weighted by atomic mass is 79.9. The predicted molar refractivity (Wildman–Crippen MR) is 123 cm³/mol. The molecule has 0 bridgehead atoms. The quantitative estimate of drug-likeness (QED) is 0.344. The summed E-state index contributed by atoms with van der Waals surface area (Å²) in [5.41, 5.74) is 1.72. The molecule has 2 saturated carbocycles. The van der Waals surface area contributed by atoms with Gasteiger partial charge in [0.15, 0.2) is 6.29 Å². The number of ether oxygens (including phenoxy) is 2. The van der Waals surface area contributed by atoms with Gasteiger partial charge < -0.3 is 9.47 Å². The van der Waals surface area contributed by atoms with Crippen LogP contribution in [0.5, 0.6) is 0 Å². The van der Waals surface area contributed by atoms with Crippen molar-refractivity contribution in [1.82, 2.24) is 0 Å². The van der Waals surface area contributed by atoms with Crippen LogP contribution >= 0.6 is 31.9 Å². The van der Waals surface area contributed by atoms with Crippen LogP contribution in [0.1, 0.15) is 81.3 Å². The third-order valence-electron chi connectivity index (χ3n) is 7.47. The predicted octanol–water partition coefficient (Wildman–Crippen LogP) is 7.89. The molecule has 3 aliphatic rings. The van der Waals surface area contributed by atoms with Crippen LogP contribution in [0.25, 0.3) is 0 Å². The number of benzene rings is 1. The molecule has 3 fully saturated rings. The second kappa shape index (κ2) is 9.63. The maximum Gasteiger partial charge on any atom is 0.316 e. The molecule has 0 unspecified atom stereocenters. The van der Waals surface area contributed by atoms with Crippen molar-refractivity contribution >= 4 is 31.9 Å². The van der Waals surface area contributed by atoms with Crippen LogP contribution in [0.4, 0.5) is 13.2 Å². The van der Waals surface area contributed by atoms with E-state index in [1.165, 1.54) is 0 Å². The molecule has 0 amide bonds. The van der Waals surface area contributed by atoms with Crippen molar-refractivity contribution in [2.24, 2.45) is 11.8 Å². The highest BCUT2D eigenvalue weighted by Crippen LogP contribution is 2.53. The van der Waals surface area contributed by atoms with Crippen LogP contribution in [-0.4, -0.2) is 28.7 Å². The van der Waals surface area contributed by atoms with Crippen LogP contribution in [0.3, 0.4) is 0 Å². The first-order valence-electron chi connectivity index (χ1n) is 11.4. The first-order valence-corrected chi connectivity index (χ1v) is 13.0. The molecule has 1 aromatic rings. The van der Waals surface area contributed by atoms with Gasteiger partial charge in [0.05, 0.1) is 17.5 Å². The zero-order valence-electron chi connectivity index (χ0n) is 17.9. The number of hydrogen-bond acceptors (Lipinski definition) is 2. The second-order valence-electron chi connectivity index (χ2n) is 9.77. The molecule has 1 aliphatic heterocycles. The van der Waals surface area contributed by atoms with Crippen molar-refractivity contribution in [3.05, 3.63) is 35.1 Å². The Bertz CT molecular complexity index is 746. The number of halogens is 5. The van der Waals surface area contributed by atoms with E-state index in [0.29, 0.717) is 49.0 Å². The molecule has 2 aliphatic carbocycles. The minimum atomic E-state index is -2.96. The molecule has 7 heteroatoms. The summed E-state index contributed by atoms with van der Waals surface area (Å²) in [7, 11) is 0. The minimum Gasteiger partial charge on any atom is -0.352 e. The van der Waals surface area contributed by atoms with Crippen molar-refractivity contribution in [3.8, 4) is 0 Å². The fourth-order valence-electron chi connectivity index (χ4n) is 5.41. The smallest absolute Gasteiger partial charge is 0.316 e. The van der Waals surface area contributed by atoms with Gasteiger partial charge in [-0.1, -0.05) is 35.0 Å². The lowest BCUT2D eigenvalue weighted by Gasteiger charge is -2.39. The Kier molecular flexibility index (Phi) is 7.47. The Morgan fingerprint density at radius 3 is 2.13 bits per heavy atom. The summed E-state index contributed by atoms with van der Waals surface area (Å²) in [5.74, 6) is 1.04. The van der Waals surface area contributed by atoms with Gasteiger partial charge in [-0.05, 0) is 96.3 Å². The van der Waals surface area contributed by atoms with E-state index in [1.807, 2.05) is 12.1 Å². The van der Waals surface area contributed by atoms with Gasteiger partial charge in [0.25, 0.3) is 0 Å². The summed E-state index contributed by atoms with van der Waals surface area (Å²) in [4.78, 5) is -2.96. The van der Waals surface area contributed by atoms with Crippen LogP contribution in [0.2, 0.25) is 0 Å². The van der Waals surface area contributed by atoms with Gasteiger partial charge in [-0.15, -0.1) is 0 Å². The Morgan fingerprint density at radius 2 is 1.58 bits per heavy atom. The van der Waals surface area contributed by atoms with Crippen molar-refractivity contribution in [2.75, 3.05) is 13.2 Å². The summed E-state index contributed by atoms with van der Waals surface area (Å²) in [6, 6.07) is 5.63. The highest BCUT2D eigenvalue weighted by Gasteiger charge is 2.51. The Balaban J connectivity index is 1.33. The highest BCUT2D eigenvalue weighted by molar-refractivity contribution is 9.12. The number of rotatable bonds is 4. The average molecular weight is 568 g/mol. The Hall–Kier alpha value is -0.110. The lowest BCUT2D eigenvalue weighted by atomic mass is 9.76. The third-order valence-corrected chi connectivity index (χ3v) is 10.1. The van der Waals surface area contributed by atoms with E-state index in [4.69, 9.17) is 9.47 Å². The molecular weight excluding hydrogens is 537 g/mol. The van der Waals surface area contributed by atoms with Crippen LogP contribution in [-0.2, 0) is 9.47 Å². The largest absolute Gasteiger partial charge is 0.352 e. The summed E-state index contributed by atoms with van der Waals surface area (Å²) < 4.78 is 53.1. The molecule has 0 atom stereocenters. The van der Waals surface area contributed by atoms with Gasteiger partial charge in [-0.2, -0.15) is 8.78 Å². The van der Waals surface area contributed by atoms with Gasteiger partial charge in [-0.3, -0.25) is 0 Å². The molecule has 2 nitrogen and oxygen atoms in total. The lowest BCUT2D eigenvalue weighted by Crippen LogP contribution is -2.41. The van der Waals surface area contributed by atoms with Crippen molar-refractivity contribution in [2.45, 2.75) is 85.6 Å². The number of alkyl halides is 4. The van der Waals surface area contributed by atoms with Crippen LogP contribution < -0.4 is 0 Å². The molecule has 31 heavy (non-hydrogen) atoms. The Morgan fingerprint density at radius 1 is 0.968 bits per heavy atom. The molecule has 4 rings (SSSR count). The monoisotopic (exact) mass is 566 g/mol. The normalized spacial score (nSPS) is 37.5. The molecule has 0 radical (unpaired) electrons. The fourth-order valence-corrected chi connectivity index (χ4v) is 6.26. The standard InChI is InChI=1S/C24H31Br2F3O2/c1-15-13-30-22(31-14-15)18-4-2-16(3-5-18)19-6-7-20(21(27)12-19)17-8-10-23(25,11-9-17)24(26,28)29/h6-7,12,15-18,22H,2-5,8-11,13-14H2,1H3. The second-order valence-corrected chi connectivity index (χ2v) is 12.3. The first kappa shape index (κ1) is 24.0. The van der Waals surface area contributed by atoms with Gasteiger partial charge in [0.1, 0.15) is 5.82 Å². The summed E-state index contributed by atoms with van der Waals surface area (Å²) >= 11 is 5.73. The molecule has 1 heterocycles. The van der Waals surface area contributed by atoms with E-state index in [0.717, 1.165) is 44.5 Å². The van der Waals surface area contributed by atoms with E-state index < -0.39 is 9.16 Å². The molecule has 0 N–H and O–H groups in total. The van der Waals surface area contributed by atoms with Crippen molar-refractivity contribution in [3.63, 3.8) is 0 Å². The van der Waals surface area contributed by atoms with E-state index in [9.17, 15) is 8.78 Å². The van der Waals surface area contributed by atoms with E-state index in [-0.39, 0.29) is 18.0 Å². The van der Waals surface area contributed by atoms with Crippen molar-refractivity contribution in [1.29, 1.82) is 0 Å².